The van der Waals surface area contributed by atoms with Crippen LogP contribution in [0.1, 0.15) is 52.7 Å². The van der Waals surface area contributed by atoms with Crippen molar-refractivity contribution in [3.63, 3.8) is 0 Å². The molecular weight excluding hydrogens is 360 g/mol. The predicted octanol–water partition coefficient (Wildman–Crippen LogP) is 4.46. The number of carbonyl (C=O) groups excluding carboxylic acids is 1. The van der Waals surface area contributed by atoms with Gasteiger partial charge in [-0.25, -0.2) is 0 Å². The van der Waals surface area contributed by atoms with E-state index in [4.69, 9.17) is 4.74 Å². The highest BCUT2D eigenvalue weighted by atomic mass is 16.5. The Balaban J connectivity index is 1.38. The van der Waals surface area contributed by atoms with Gasteiger partial charge in [0, 0.05) is 24.3 Å². The Kier molecular flexibility index (Phi) is 4.15. The fourth-order valence-electron chi connectivity index (χ4n) is 6.56. The summed E-state index contributed by atoms with van der Waals surface area (Å²) in [6.07, 6.45) is 4.05. The fourth-order valence-corrected chi connectivity index (χ4v) is 6.56. The summed E-state index contributed by atoms with van der Waals surface area (Å²) in [5, 5.41) is 3.87. The van der Waals surface area contributed by atoms with Crippen molar-refractivity contribution in [3.8, 4) is 0 Å². The molecule has 6 rings (SSSR count). The van der Waals surface area contributed by atoms with Crippen LogP contribution in [0.2, 0.25) is 0 Å². The summed E-state index contributed by atoms with van der Waals surface area (Å²) in [6, 6.07) is 17.7. The first-order valence-corrected chi connectivity index (χ1v) is 11.1. The Hall–Kier alpha value is -2.33. The third-order valence-electron chi connectivity index (χ3n) is 7.79. The van der Waals surface area contributed by atoms with E-state index in [9.17, 15) is 4.79 Å². The van der Waals surface area contributed by atoms with Crippen molar-refractivity contribution in [2.24, 2.45) is 17.8 Å². The lowest BCUT2D eigenvalue weighted by Crippen LogP contribution is -2.41. The minimum Gasteiger partial charge on any atom is -0.378 e. The summed E-state index contributed by atoms with van der Waals surface area (Å²) in [5.74, 6) is 2.94. The molecule has 2 heterocycles. The average Bonchev–Trinajstić information content (AvgIpc) is 3.42. The molecule has 1 N–H and O–H groups in total. The SMILES string of the molecule is O=C(c1ccc2c(c1)[C@@H]1[C@H]3CC[C@@H](C3)[C@@H]1[C@H](c1ccccc1)N2)N1CCOCC1. The highest BCUT2D eigenvalue weighted by molar-refractivity contribution is 5.95. The van der Waals surface area contributed by atoms with Crippen molar-refractivity contribution in [2.45, 2.75) is 31.2 Å². The van der Waals surface area contributed by atoms with Crippen LogP contribution >= 0.6 is 0 Å². The largest absolute Gasteiger partial charge is 0.378 e. The summed E-state index contributed by atoms with van der Waals surface area (Å²) in [4.78, 5) is 15.0. The maximum absolute atomic E-state index is 13.1. The number of hydrogen-bond acceptors (Lipinski definition) is 3. The van der Waals surface area contributed by atoms with E-state index in [2.05, 4.69) is 47.8 Å². The van der Waals surface area contributed by atoms with E-state index in [1.165, 1.54) is 36.1 Å². The van der Waals surface area contributed by atoms with Gasteiger partial charge in [0.25, 0.3) is 5.91 Å². The van der Waals surface area contributed by atoms with Gasteiger partial charge in [0.1, 0.15) is 0 Å². The van der Waals surface area contributed by atoms with Crippen LogP contribution < -0.4 is 5.32 Å². The Bertz CT molecular complexity index is 922. The van der Waals surface area contributed by atoms with E-state index in [-0.39, 0.29) is 5.91 Å². The molecule has 4 heteroatoms. The fraction of sp³-hybridized carbons (Fsp3) is 0.480. The number of rotatable bonds is 2. The van der Waals surface area contributed by atoms with Crippen molar-refractivity contribution < 1.29 is 9.53 Å². The third kappa shape index (κ3) is 2.80. The van der Waals surface area contributed by atoms with Crippen molar-refractivity contribution in [2.75, 3.05) is 31.6 Å². The second-order valence-corrected chi connectivity index (χ2v) is 9.18. The van der Waals surface area contributed by atoms with Crippen LogP contribution in [0.15, 0.2) is 48.5 Å². The third-order valence-corrected chi connectivity index (χ3v) is 7.79. The molecule has 150 valence electrons. The average molecular weight is 389 g/mol. The monoisotopic (exact) mass is 388 g/mol. The minimum absolute atomic E-state index is 0.154. The van der Waals surface area contributed by atoms with Crippen LogP contribution in [0, 0.1) is 17.8 Å². The lowest BCUT2D eigenvalue weighted by atomic mass is 9.68. The number of fused-ring (bicyclic) bond motifs is 7. The molecule has 2 aromatic rings. The van der Waals surface area contributed by atoms with E-state index in [0.29, 0.717) is 44.2 Å². The lowest BCUT2D eigenvalue weighted by Gasteiger charge is -2.43. The van der Waals surface area contributed by atoms with Crippen LogP contribution in [-0.2, 0) is 4.74 Å². The number of morpholine rings is 1. The molecule has 2 aromatic carbocycles. The Morgan fingerprint density at radius 3 is 2.62 bits per heavy atom. The molecule has 2 aliphatic carbocycles. The molecule has 5 atom stereocenters. The first-order chi connectivity index (χ1) is 14.3. The van der Waals surface area contributed by atoms with Crippen molar-refractivity contribution >= 4 is 11.6 Å². The molecule has 2 bridgehead atoms. The minimum atomic E-state index is 0.154. The maximum atomic E-state index is 13.1. The summed E-state index contributed by atoms with van der Waals surface area (Å²) in [6.45, 7) is 2.68. The van der Waals surface area contributed by atoms with Gasteiger partial charge in [-0.1, -0.05) is 30.3 Å². The van der Waals surface area contributed by atoms with E-state index >= 15 is 0 Å². The molecule has 4 aliphatic rings. The number of amides is 1. The van der Waals surface area contributed by atoms with Gasteiger partial charge in [-0.05, 0) is 72.3 Å². The van der Waals surface area contributed by atoms with Gasteiger partial charge < -0.3 is 15.0 Å². The summed E-state index contributed by atoms with van der Waals surface area (Å²) in [5.41, 5.74) is 4.85. The number of benzene rings is 2. The number of nitrogens with zero attached hydrogens (tertiary/aromatic N) is 1. The second kappa shape index (κ2) is 6.88. The second-order valence-electron chi connectivity index (χ2n) is 9.18. The van der Waals surface area contributed by atoms with Crippen molar-refractivity contribution in [3.05, 3.63) is 65.2 Å². The summed E-state index contributed by atoms with van der Waals surface area (Å²) < 4.78 is 5.42. The van der Waals surface area contributed by atoms with Crippen molar-refractivity contribution in [1.29, 1.82) is 0 Å². The highest BCUT2D eigenvalue weighted by Crippen LogP contribution is 2.63. The molecule has 2 aliphatic heterocycles. The number of nitrogens with one attached hydrogen (secondary N) is 1. The van der Waals surface area contributed by atoms with E-state index in [1.807, 2.05) is 11.0 Å². The van der Waals surface area contributed by atoms with Gasteiger partial charge in [0.05, 0.1) is 19.3 Å². The topological polar surface area (TPSA) is 41.6 Å². The molecule has 29 heavy (non-hydrogen) atoms. The number of carbonyl (C=O) groups is 1. The zero-order chi connectivity index (χ0) is 19.4. The van der Waals surface area contributed by atoms with Crippen LogP contribution in [0.5, 0.6) is 0 Å². The first kappa shape index (κ1) is 17.5. The molecule has 1 amide bonds. The first-order valence-electron chi connectivity index (χ1n) is 11.1. The van der Waals surface area contributed by atoms with E-state index in [0.717, 1.165) is 17.4 Å². The van der Waals surface area contributed by atoms with Crippen LogP contribution in [0.25, 0.3) is 0 Å². The number of anilines is 1. The molecule has 1 saturated heterocycles. The molecule has 0 unspecified atom stereocenters. The van der Waals surface area contributed by atoms with E-state index in [1.54, 1.807) is 0 Å². The molecule has 0 aromatic heterocycles. The van der Waals surface area contributed by atoms with Crippen LogP contribution in [0.4, 0.5) is 5.69 Å². The van der Waals surface area contributed by atoms with Crippen molar-refractivity contribution in [1.82, 2.24) is 4.90 Å². The number of hydrogen-bond donors (Lipinski definition) is 1. The molecule has 0 radical (unpaired) electrons. The Morgan fingerprint density at radius 2 is 1.79 bits per heavy atom. The van der Waals surface area contributed by atoms with Gasteiger partial charge in [0.15, 0.2) is 0 Å². The Labute approximate surface area is 172 Å². The molecule has 3 fully saturated rings. The van der Waals surface area contributed by atoms with Gasteiger partial charge in [-0.2, -0.15) is 0 Å². The van der Waals surface area contributed by atoms with Gasteiger partial charge in [-0.15, -0.1) is 0 Å². The molecule has 4 nitrogen and oxygen atoms in total. The quantitative estimate of drug-likeness (QED) is 0.826. The zero-order valence-corrected chi connectivity index (χ0v) is 16.7. The molecular formula is C25H28N2O2. The smallest absolute Gasteiger partial charge is 0.254 e. The van der Waals surface area contributed by atoms with Gasteiger partial charge in [0.2, 0.25) is 0 Å². The Morgan fingerprint density at radius 1 is 1.00 bits per heavy atom. The summed E-state index contributed by atoms with van der Waals surface area (Å²) in [7, 11) is 0. The van der Waals surface area contributed by atoms with Crippen LogP contribution in [-0.4, -0.2) is 37.1 Å². The summed E-state index contributed by atoms with van der Waals surface area (Å²) >= 11 is 0. The highest BCUT2D eigenvalue weighted by Gasteiger charge is 2.53. The number of ether oxygens (including phenoxy) is 1. The van der Waals surface area contributed by atoms with Crippen LogP contribution in [0.3, 0.4) is 0 Å². The molecule has 0 spiro atoms. The standard InChI is InChI=1S/C25H28N2O2/c28-25(27-10-12-29-13-11-27)19-8-9-21-20(15-19)22-17-6-7-18(14-17)23(22)24(26-21)16-4-2-1-3-5-16/h1-5,8-9,15,17-18,22-24,26H,6-7,10-14H2/t17-,18-,22-,23-,24-/m0/s1. The van der Waals surface area contributed by atoms with Gasteiger partial charge in [-0.3, -0.25) is 4.79 Å². The predicted molar refractivity (Wildman–Crippen MR) is 113 cm³/mol. The lowest BCUT2D eigenvalue weighted by molar-refractivity contribution is 0.0303. The van der Waals surface area contributed by atoms with Gasteiger partial charge >= 0.3 is 0 Å². The maximum Gasteiger partial charge on any atom is 0.254 e. The molecule has 2 saturated carbocycles. The van der Waals surface area contributed by atoms with E-state index < -0.39 is 0 Å². The zero-order valence-electron chi connectivity index (χ0n) is 16.7. The normalized spacial score (nSPS) is 32.4.